The van der Waals surface area contributed by atoms with E-state index in [0.717, 1.165) is 29.5 Å². The number of hydrogen-bond donors (Lipinski definition) is 1. The maximum absolute atomic E-state index is 12.3. The second-order valence-corrected chi connectivity index (χ2v) is 7.70. The van der Waals surface area contributed by atoms with E-state index in [1.807, 2.05) is 30.3 Å². The van der Waals surface area contributed by atoms with E-state index < -0.39 is 0 Å². The molecule has 0 aliphatic heterocycles. The van der Waals surface area contributed by atoms with E-state index in [1.54, 1.807) is 24.3 Å². The van der Waals surface area contributed by atoms with Crippen molar-refractivity contribution in [2.75, 3.05) is 11.1 Å². The lowest BCUT2D eigenvalue weighted by Gasteiger charge is -2.10. The lowest BCUT2D eigenvalue weighted by molar-refractivity contribution is -0.113. The van der Waals surface area contributed by atoms with Gasteiger partial charge < -0.3 is 5.32 Å². The van der Waals surface area contributed by atoms with Gasteiger partial charge in [-0.25, -0.2) is 0 Å². The number of amides is 1. The molecule has 1 N–H and O–H groups in total. The molecule has 1 amide bonds. The van der Waals surface area contributed by atoms with E-state index >= 15 is 0 Å². The predicted molar refractivity (Wildman–Crippen MR) is 109 cm³/mol. The second kappa shape index (κ2) is 7.98. The molecule has 1 aliphatic rings. The van der Waals surface area contributed by atoms with Crippen LogP contribution >= 0.6 is 11.8 Å². The summed E-state index contributed by atoms with van der Waals surface area (Å²) in [5, 5.41) is 12.3. The minimum Gasteiger partial charge on any atom is -0.325 e. The Balaban J connectivity index is 1.45. The van der Waals surface area contributed by atoms with Gasteiger partial charge in [0.25, 0.3) is 0 Å². The lowest BCUT2D eigenvalue weighted by Crippen LogP contribution is -2.14. The highest BCUT2D eigenvalue weighted by molar-refractivity contribution is 7.99. The fourth-order valence-corrected chi connectivity index (χ4v) is 3.67. The summed E-state index contributed by atoms with van der Waals surface area (Å²) < 4.78 is 2.05. The molecule has 0 radical (unpaired) electrons. The number of nitrogens with zero attached hydrogens (tertiary/aromatic N) is 3. The maximum Gasteiger partial charge on any atom is 0.234 e. The number of thioether (sulfide) groups is 1. The fourth-order valence-electron chi connectivity index (χ4n) is 2.92. The van der Waals surface area contributed by atoms with Crippen molar-refractivity contribution in [3.05, 3.63) is 66.0 Å². The standard InChI is InChI=1S/C21H20N4O2S/c1-14(26)15-9-11-17(12-10-15)22-19(27)13-28-21-24-23-20(16-7-8-16)25(21)18-5-3-2-4-6-18/h2-6,9-12,16H,7-8,13H2,1H3,(H,22,27). The van der Waals surface area contributed by atoms with Gasteiger partial charge in [0.1, 0.15) is 5.82 Å². The first-order valence-electron chi connectivity index (χ1n) is 9.16. The molecule has 1 saturated carbocycles. The van der Waals surface area contributed by atoms with E-state index in [4.69, 9.17) is 0 Å². The molecule has 7 heteroatoms. The zero-order valence-electron chi connectivity index (χ0n) is 15.5. The average Bonchev–Trinajstić information content (AvgIpc) is 3.47. The van der Waals surface area contributed by atoms with Crippen LogP contribution in [-0.4, -0.2) is 32.2 Å². The number of anilines is 1. The number of para-hydroxylation sites is 1. The van der Waals surface area contributed by atoms with Crippen molar-refractivity contribution in [1.82, 2.24) is 14.8 Å². The Labute approximate surface area is 167 Å². The van der Waals surface area contributed by atoms with Gasteiger partial charge in [-0.15, -0.1) is 10.2 Å². The summed E-state index contributed by atoms with van der Waals surface area (Å²) in [6, 6.07) is 16.9. The number of carbonyl (C=O) groups excluding carboxylic acids is 2. The molecule has 1 aliphatic carbocycles. The zero-order chi connectivity index (χ0) is 19.5. The first-order chi connectivity index (χ1) is 13.6. The van der Waals surface area contributed by atoms with Gasteiger partial charge in [0.05, 0.1) is 5.75 Å². The third-order valence-corrected chi connectivity index (χ3v) is 5.45. The molecule has 1 aromatic heterocycles. The van der Waals surface area contributed by atoms with Crippen molar-refractivity contribution in [2.24, 2.45) is 0 Å². The quantitative estimate of drug-likeness (QED) is 0.484. The Bertz CT molecular complexity index is 995. The molecule has 3 aromatic rings. The molecular formula is C21H20N4O2S. The summed E-state index contributed by atoms with van der Waals surface area (Å²) in [7, 11) is 0. The van der Waals surface area contributed by atoms with Crippen LogP contribution in [0.4, 0.5) is 5.69 Å². The number of benzene rings is 2. The van der Waals surface area contributed by atoms with Crippen molar-refractivity contribution < 1.29 is 9.59 Å². The first kappa shape index (κ1) is 18.4. The van der Waals surface area contributed by atoms with Crippen molar-refractivity contribution in [1.29, 1.82) is 0 Å². The Morgan fingerprint density at radius 2 is 1.79 bits per heavy atom. The molecule has 1 fully saturated rings. The summed E-state index contributed by atoms with van der Waals surface area (Å²) in [5.41, 5.74) is 2.30. The van der Waals surface area contributed by atoms with Gasteiger partial charge in [-0.3, -0.25) is 14.2 Å². The molecule has 2 aromatic carbocycles. The number of carbonyl (C=O) groups is 2. The number of rotatable bonds is 7. The Morgan fingerprint density at radius 3 is 2.43 bits per heavy atom. The van der Waals surface area contributed by atoms with Crippen LogP contribution in [0.5, 0.6) is 0 Å². The van der Waals surface area contributed by atoms with Crippen molar-refractivity contribution in [2.45, 2.75) is 30.8 Å². The minimum atomic E-state index is -0.129. The Hall–Kier alpha value is -2.93. The van der Waals surface area contributed by atoms with Crippen LogP contribution in [0.1, 0.15) is 41.9 Å². The summed E-state index contributed by atoms with van der Waals surface area (Å²) in [6.07, 6.45) is 2.26. The van der Waals surface area contributed by atoms with E-state index in [2.05, 4.69) is 20.1 Å². The van der Waals surface area contributed by atoms with Crippen LogP contribution in [0.2, 0.25) is 0 Å². The zero-order valence-corrected chi connectivity index (χ0v) is 16.3. The highest BCUT2D eigenvalue weighted by Gasteiger charge is 2.31. The molecule has 4 rings (SSSR count). The molecule has 1 heterocycles. The van der Waals surface area contributed by atoms with Gasteiger partial charge in [-0.2, -0.15) is 0 Å². The molecular weight excluding hydrogens is 372 g/mol. The monoisotopic (exact) mass is 392 g/mol. The number of hydrogen-bond acceptors (Lipinski definition) is 5. The van der Waals surface area contributed by atoms with Gasteiger partial charge in [0.15, 0.2) is 10.9 Å². The third-order valence-electron chi connectivity index (χ3n) is 4.52. The van der Waals surface area contributed by atoms with Crippen LogP contribution in [0, 0.1) is 0 Å². The van der Waals surface area contributed by atoms with Gasteiger partial charge in [0.2, 0.25) is 5.91 Å². The van der Waals surface area contributed by atoms with Crippen molar-refractivity contribution in [3.8, 4) is 5.69 Å². The topological polar surface area (TPSA) is 76.9 Å². The van der Waals surface area contributed by atoms with Crippen LogP contribution in [0.15, 0.2) is 59.8 Å². The molecule has 0 bridgehead atoms. The molecule has 142 valence electrons. The van der Waals surface area contributed by atoms with Gasteiger partial charge in [-0.05, 0) is 56.2 Å². The number of Topliss-reactive ketones (excluding diaryl/α,β-unsaturated/α-hetero) is 1. The molecule has 0 atom stereocenters. The Morgan fingerprint density at radius 1 is 1.07 bits per heavy atom. The van der Waals surface area contributed by atoms with Crippen molar-refractivity contribution in [3.63, 3.8) is 0 Å². The summed E-state index contributed by atoms with van der Waals surface area (Å²) in [4.78, 5) is 23.7. The Kier molecular flexibility index (Phi) is 5.25. The van der Waals surface area contributed by atoms with E-state index in [0.29, 0.717) is 17.2 Å². The van der Waals surface area contributed by atoms with Gasteiger partial charge in [-0.1, -0.05) is 30.0 Å². The molecule has 0 unspecified atom stereocenters. The highest BCUT2D eigenvalue weighted by atomic mass is 32.2. The van der Waals surface area contributed by atoms with Gasteiger partial charge in [0, 0.05) is 22.9 Å². The van der Waals surface area contributed by atoms with E-state index in [1.165, 1.54) is 18.7 Å². The largest absolute Gasteiger partial charge is 0.325 e. The number of aromatic nitrogens is 3. The first-order valence-corrected chi connectivity index (χ1v) is 10.1. The van der Waals surface area contributed by atoms with Gasteiger partial charge >= 0.3 is 0 Å². The fraction of sp³-hybridized carbons (Fsp3) is 0.238. The number of ketones is 1. The molecule has 0 saturated heterocycles. The smallest absolute Gasteiger partial charge is 0.234 e. The van der Waals surface area contributed by atoms with E-state index in [-0.39, 0.29) is 17.4 Å². The normalized spacial score (nSPS) is 13.3. The lowest BCUT2D eigenvalue weighted by atomic mass is 10.1. The maximum atomic E-state index is 12.3. The van der Waals surface area contributed by atoms with Crippen LogP contribution in [-0.2, 0) is 4.79 Å². The SMILES string of the molecule is CC(=O)c1ccc(NC(=O)CSc2nnc(C3CC3)n2-c2ccccc2)cc1. The summed E-state index contributed by atoms with van der Waals surface area (Å²) >= 11 is 1.37. The van der Waals surface area contributed by atoms with Crippen molar-refractivity contribution >= 4 is 29.1 Å². The van der Waals surface area contributed by atoms with Crippen LogP contribution in [0.3, 0.4) is 0 Å². The van der Waals surface area contributed by atoms with Crippen LogP contribution in [0.25, 0.3) is 5.69 Å². The second-order valence-electron chi connectivity index (χ2n) is 6.76. The minimum absolute atomic E-state index is 0.000136. The third kappa shape index (κ3) is 4.14. The highest BCUT2D eigenvalue weighted by Crippen LogP contribution is 2.41. The molecule has 28 heavy (non-hydrogen) atoms. The molecule has 0 spiro atoms. The summed E-state index contributed by atoms with van der Waals surface area (Å²) in [6.45, 7) is 1.52. The van der Waals surface area contributed by atoms with Crippen LogP contribution < -0.4 is 5.32 Å². The summed E-state index contributed by atoms with van der Waals surface area (Å²) in [5.74, 6) is 1.52. The predicted octanol–water partition coefficient (Wildman–Crippen LogP) is 4.08. The average molecular weight is 392 g/mol. The van der Waals surface area contributed by atoms with E-state index in [9.17, 15) is 9.59 Å². The molecule has 6 nitrogen and oxygen atoms in total. The number of nitrogens with one attached hydrogen (secondary N) is 1.